The first-order chi connectivity index (χ1) is 16.4. The lowest BCUT2D eigenvalue weighted by Crippen LogP contribution is -2.52. The number of hydrogen-bond acceptors (Lipinski definition) is 4. The molecule has 1 aliphatic heterocycles. The van der Waals surface area contributed by atoms with E-state index in [1.54, 1.807) is 4.90 Å². The lowest BCUT2D eigenvalue weighted by molar-refractivity contribution is -0.139. The number of ether oxygens (including phenoxy) is 1. The molecule has 178 valence electrons. The molecule has 7 heteroatoms. The summed E-state index contributed by atoms with van der Waals surface area (Å²) in [6.07, 6.45) is 0.0852. The van der Waals surface area contributed by atoms with Crippen molar-refractivity contribution in [2.24, 2.45) is 23.7 Å². The van der Waals surface area contributed by atoms with Gasteiger partial charge in [0.2, 0.25) is 5.91 Å². The van der Waals surface area contributed by atoms with Gasteiger partial charge in [0.15, 0.2) is 0 Å². The Hall–Kier alpha value is -3.35. The van der Waals surface area contributed by atoms with Crippen LogP contribution in [0.15, 0.2) is 48.5 Å². The molecule has 34 heavy (non-hydrogen) atoms. The third kappa shape index (κ3) is 3.93. The van der Waals surface area contributed by atoms with Crippen molar-refractivity contribution in [3.05, 3.63) is 59.7 Å². The molecule has 0 spiro atoms. The average Bonchev–Trinajstić information content (AvgIpc) is 3.48. The summed E-state index contributed by atoms with van der Waals surface area (Å²) < 4.78 is 5.64. The van der Waals surface area contributed by atoms with E-state index in [-0.39, 0.29) is 42.1 Å². The summed E-state index contributed by atoms with van der Waals surface area (Å²) in [5.41, 5.74) is 4.58. The van der Waals surface area contributed by atoms with E-state index in [4.69, 9.17) is 4.74 Å². The largest absolute Gasteiger partial charge is 0.481 e. The monoisotopic (exact) mass is 462 g/mol. The molecule has 3 aliphatic rings. The molecule has 0 aromatic heterocycles. The number of nitrogens with one attached hydrogen (secondary N) is 1. The molecule has 1 heterocycles. The van der Waals surface area contributed by atoms with Crippen LogP contribution in [0.3, 0.4) is 0 Å². The van der Waals surface area contributed by atoms with Crippen molar-refractivity contribution in [1.82, 2.24) is 10.2 Å². The molecule has 2 aromatic rings. The number of carbonyl (C=O) groups excluding carboxylic acids is 2. The highest BCUT2D eigenvalue weighted by Gasteiger charge is 2.57. The van der Waals surface area contributed by atoms with Gasteiger partial charge in [-0.2, -0.15) is 0 Å². The molecule has 7 nitrogen and oxygen atoms in total. The van der Waals surface area contributed by atoms with Gasteiger partial charge in [-0.3, -0.25) is 9.59 Å². The molecule has 5 rings (SSSR count). The number of rotatable bonds is 6. The summed E-state index contributed by atoms with van der Waals surface area (Å²) in [4.78, 5) is 39.0. The van der Waals surface area contributed by atoms with E-state index in [1.165, 1.54) is 0 Å². The average molecular weight is 463 g/mol. The Morgan fingerprint density at radius 2 is 1.65 bits per heavy atom. The number of hydrogen-bond donors (Lipinski definition) is 2. The van der Waals surface area contributed by atoms with Crippen LogP contribution in [0.2, 0.25) is 0 Å². The van der Waals surface area contributed by atoms with Gasteiger partial charge in [-0.15, -0.1) is 0 Å². The lowest BCUT2D eigenvalue weighted by atomic mass is 9.98. The summed E-state index contributed by atoms with van der Waals surface area (Å²) in [6, 6.07) is 15.6. The Kier molecular flexibility index (Phi) is 5.80. The molecular weight excluding hydrogens is 432 g/mol. The maximum Gasteiger partial charge on any atom is 0.407 e. The van der Waals surface area contributed by atoms with E-state index < -0.39 is 18.1 Å². The third-order valence-electron chi connectivity index (χ3n) is 7.64. The zero-order valence-electron chi connectivity index (χ0n) is 19.4. The van der Waals surface area contributed by atoms with Gasteiger partial charge in [0.1, 0.15) is 12.6 Å². The number of nitrogens with zero attached hydrogens (tertiary/aromatic N) is 1. The summed E-state index contributed by atoms with van der Waals surface area (Å²) in [5.74, 6) is -1.26. The standard InChI is InChI=1S/C27H30N2O5/c1-15(2)24(25(30)29-12-11-20-21(13-29)23(20)26(31)32)28-27(33)34-14-22-18-9-5-3-7-16(18)17-8-4-6-10-19(17)22/h3-10,15,20-24H,11-14H2,1-2H3,(H,28,33)(H,31,32). The van der Waals surface area contributed by atoms with E-state index in [0.717, 1.165) is 22.3 Å². The zero-order chi connectivity index (χ0) is 24.0. The summed E-state index contributed by atoms with van der Waals surface area (Å²) >= 11 is 0. The van der Waals surface area contributed by atoms with Crippen LogP contribution in [0.1, 0.15) is 37.3 Å². The number of fused-ring (bicyclic) bond motifs is 4. The number of aliphatic carboxylic acids is 1. The molecule has 2 fully saturated rings. The topological polar surface area (TPSA) is 95.9 Å². The number of amides is 2. The lowest BCUT2D eigenvalue weighted by Gasteiger charge is -2.32. The van der Waals surface area contributed by atoms with Crippen LogP contribution in [0.5, 0.6) is 0 Å². The molecule has 2 N–H and O–H groups in total. The summed E-state index contributed by atoms with van der Waals surface area (Å²) in [6.45, 7) is 4.93. The Morgan fingerprint density at radius 3 is 2.24 bits per heavy atom. The van der Waals surface area contributed by atoms with E-state index in [1.807, 2.05) is 38.1 Å². The Labute approximate surface area is 199 Å². The minimum absolute atomic E-state index is 0.0254. The van der Waals surface area contributed by atoms with Gasteiger partial charge in [0, 0.05) is 19.0 Å². The zero-order valence-corrected chi connectivity index (χ0v) is 19.4. The molecule has 2 aliphatic carbocycles. The van der Waals surface area contributed by atoms with Crippen molar-refractivity contribution < 1.29 is 24.2 Å². The minimum Gasteiger partial charge on any atom is -0.481 e. The van der Waals surface area contributed by atoms with Crippen molar-refractivity contribution in [2.75, 3.05) is 19.7 Å². The Morgan fingerprint density at radius 1 is 1.03 bits per heavy atom. The van der Waals surface area contributed by atoms with Crippen LogP contribution in [-0.2, 0) is 14.3 Å². The summed E-state index contributed by atoms with van der Waals surface area (Å²) in [5, 5.41) is 12.1. The number of piperidine rings is 1. The van der Waals surface area contributed by atoms with Crippen molar-refractivity contribution >= 4 is 18.0 Å². The minimum atomic E-state index is -0.776. The van der Waals surface area contributed by atoms with E-state index in [2.05, 4.69) is 29.6 Å². The van der Waals surface area contributed by atoms with E-state index in [9.17, 15) is 19.5 Å². The van der Waals surface area contributed by atoms with E-state index in [0.29, 0.717) is 19.5 Å². The number of alkyl carbamates (subject to hydrolysis) is 1. The van der Waals surface area contributed by atoms with Gasteiger partial charge in [-0.05, 0) is 46.4 Å². The Bertz CT molecular complexity index is 1080. The fraction of sp³-hybridized carbons (Fsp3) is 0.444. The number of carboxylic acids is 1. The van der Waals surface area contributed by atoms with Gasteiger partial charge < -0.3 is 20.1 Å². The maximum absolute atomic E-state index is 13.2. The quantitative estimate of drug-likeness (QED) is 0.682. The molecular formula is C27H30N2O5. The number of likely N-dealkylation sites (tertiary alicyclic amines) is 1. The maximum atomic E-state index is 13.2. The van der Waals surface area contributed by atoms with E-state index >= 15 is 0 Å². The van der Waals surface area contributed by atoms with Crippen molar-refractivity contribution in [3.63, 3.8) is 0 Å². The Balaban J connectivity index is 1.22. The fourth-order valence-electron chi connectivity index (χ4n) is 5.78. The van der Waals surface area contributed by atoms with Gasteiger partial charge in [0.05, 0.1) is 5.92 Å². The highest BCUT2D eigenvalue weighted by Crippen LogP contribution is 2.51. The van der Waals surface area contributed by atoms with Crippen LogP contribution in [-0.4, -0.2) is 53.7 Å². The molecule has 2 aromatic carbocycles. The second-order valence-corrected chi connectivity index (χ2v) is 9.96. The van der Waals surface area contributed by atoms with Crippen molar-refractivity contribution in [2.45, 2.75) is 32.2 Å². The van der Waals surface area contributed by atoms with Crippen LogP contribution < -0.4 is 5.32 Å². The smallest absolute Gasteiger partial charge is 0.407 e. The van der Waals surface area contributed by atoms with Crippen LogP contribution >= 0.6 is 0 Å². The first-order valence-corrected chi connectivity index (χ1v) is 12.0. The molecule has 1 saturated heterocycles. The second-order valence-electron chi connectivity index (χ2n) is 9.96. The normalized spacial score (nSPS) is 23.5. The first kappa shape index (κ1) is 22.4. The number of carboxylic acid groups (broad SMARTS) is 1. The van der Waals surface area contributed by atoms with Crippen molar-refractivity contribution in [3.8, 4) is 11.1 Å². The molecule has 4 atom stereocenters. The first-order valence-electron chi connectivity index (χ1n) is 12.0. The predicted octanol–water partition coefficient (Wildman–Crippen LogP) is 3.73. The van der Waals surface area contributed by atoms with Crippen molar-refractivity contribution in [1.29, 1.82) is 0 Å². The van der Waals surface area contributed by atoms with Crippen LogP contribution in [0.4, 0.5) is 4.79 Å². The van der Waals surface area contributed by atoms with Crippen LogP contribution in [0.25, 0.3) is 11.1 Å². The van der Waals surface area contributed by atoms with Crippen LogP contribution in [0, 0.1) is 23.7 Å². The highest BCUT2D eigenvalue weighted by atomic mass is 16.5. The molecule has 4 unspecified atom stereocenters. The molecule has 0 radical (unpaired) electrons. The van der Waals surface area contributed by atoms with Gasteiger partial charge in [-0.1, -0.05) is 62.4 Å². The molecule has 2 amide bonds. The third-order valence-corrected chi connectivity index (χ3v) is 7.64. The molecule has 1 saturated carbocycles. The number of carbonyl (C=O) groups is 3. The predicted molar refractivity (Wildman–Crippen MR) is 126 cm³/mol. The molecule has 0 bridgehead atoms. The number of benzene rings is 2. The highest BCUT2D eigenvalue weighted by molar-refractivity contribution is 5.86. The fourth-order valence-corrected chi connectivity index (χ4v) is 5.78. The van der Waals surface area contributed by atoms with Gasteiger partial charge in [0.25, 0.3) is 0 Å². The SMILES string of the molecule is CC(C)C(NC(=O)OCC1c2ccccc2-c2ccccc21)C(=O)N1CCC2C(C1)C2C(=O)O. The second kappa shape index (κ2) is 8.78. The van der Waals surface area contributed by atoms with Gasteiger partial charge in [-0.25, -0.2) is 4.79 Å². The summed E-state index contributed by atoms with van der Waals surface area (Å²) in [7, 11) is 0. The van der Waals surface area contributed by atoms with Gasteiger partial charge >= 0.3 is 12.1 Å².